The van der Waals surface area contributed by atoms with Crippen molar-refractivity contribution in [1.82, 2.24) is 10.6 Å². The summed E-state index contributed by atoms with van der Waals surface area (Å²) in [7, 11) is 0. The van der Waals surface area contributed by atoms with Gasteiger partial charge in [-0.15, -0.1) is 0 Å². The van der Waals surface area contributed by atoms with Crippen LogP contribution in [0.1, 0.15) is 34.1 Å². The molecule has 2 unspecified atom stereocenters. The molecule has 14 heavy (non-hydrogen) atoms. The van der Waals surface area contributed by atoms with Crippen molar-refractivity contribution in [3.63, 3.8) is 0 Å². The van der Waals surface area contributed by atoms with Crippen molar-refractivity contribution in [3.05, 3.63) is 0 Å². The maximum Gasteiger partial charge on any atom is 0.220 e. The lowest BCUT2D eigenvalue weighted by molar-refractivity contribution is -0.124. The third-order valence-electron chi connectivity index (χ3n) is 2.49. The minimum atomic E-state index is 0.227. The highest BCUT2D eigenvalue weighted by Gasteiger charge is 2.32. The van der Waals surface area contributed by atoms with E-state index in [0.29, 0.717) is 11.8 Å². The van der Waals surface area contributed by atoms with Crippen molar-refractivity contribution in [2.24, 2.45) is 11.8 Å². The third kappa shape index (κ3) is 3.66. The zero-order valence-corrected chi connectivity index (χ0v) is 9.89. The van der Waals surface area contributed by atoms with Crippen LogP contribution in [0, 0.1) is 11.8 Å². The number of hydrogen-bond donors (Lipinski definition) is 2. The van der Waals surface area contributed by atoms with Gasteiger partial charge in [-0.2, -0.15) is 0 Å². The van der Waals surface area contributed by atoms with Crippen LogP contribution in [0.15, 0.2) is 0 Å². The Hall–Kier alpha value is -0.570. The summed E-state index contributed by atoms with van der Waals surface area (Å²) in [5, 5.41) is 6.17. The number of rotatable bonds is 0. The van der Waals surface area contributed by atoms with Crippen LogP contribution in [0.5, 0.6) is 0 Å². The minimum Gasteiger partial charge on any atom is -0.356 e. The highest BCUT2D eigenvalue weighted by atomic mass is 16.1. The first-order valence-corrected chi connectivity index (χ1v) is 5.83. The van der Waals surface area contributed by atoms with E-state index in [4.69, 9.17) is 0 Å². The summed E-state index contributed by atoms with van der Waals surface area (Å²) < 4.78 is 0. The summed E-state index contributed by atoms with van der Waals surface area (Å²) in [6.45, 7) is 11.0. The molecule has 0 aromatic carbocycles. The molecule has 0 aromatic rings. The van der Waals surface area contributed by atoms with Crippen molar-refractivity contribution < 1.29 is 4.79 Å². The molecular weight excluding hydrogens is 176 g/mol. The Morgan fingerprint density at radius 3 is 2.21 bits per heavy atom. The quantitative estimate of drug-likeness (QED) is 0.620. The van der Waals surface area contributed by atoms with E-state index >= 15 is 0 Å². The van der Waals surface area contributed by atoms with Gasteiger partial charge in [-0.3, -0.25) is 4.79 Å². The van der Waals surface area contributed by atoms with Gasteiger partial charge in [0.15, 0.2) is 0 Å². The average Bonchev–Trinajstić information content (AvgIpc) is 2.71. The summed E-state index contributed by atoms with van der Waals surface area (Å²) in [6.07, 6.45) is 0.734. The van der Waals surface area contributed by atoms with E-state index in [2.05, 4.69) is 10.6 Å². The molecule has 0 bridgehead atoms. The fraction of sp³-hybridized carbons (Fsp3) is 0.909. The maximum absolute atomic E-state index is 10.9. The zero-order chi connectivity index (χ0) is 11.0. The monoisotopic (exact) mass is 200 g/mol. The Morgan fingerprint density at radius 2 is 1.57 bits per heavy atom. The summed E-state index contributed by atoms with van der Waals surface area (Å²) in [4.78, 5) is 10.9. The molecule has 1 amide bonds. The molecule has 2 saturated heterocycles. The highest BCUT2D eigenvalue weighted by Crippen LogP contribution is 2.22. The standard InChI is InChI=1S/C7H12N2O.2C2H6/c10-7-1-5-2-8-3-6(5)4-9-7;2*1-2/h5-6,8H,1-4H2,(H,9,10);2*1-2H3. The first-order chi connectivity index (χ1) is 6.86. The number of nitrogens with one attached hydrogen (secondary N) is 2. The number of carbonyl (C=O) groups excluding carboxylic acids is 1. The fourth-order valence-corrected chi connectivity index (χ4v) is 1.82. The van der Waals surface area contributed by atoms with Crippen molar-refractivity contribution in [1.29, 1.82) is 0 Å². The normalized spacial score (nSPS) is 28.7. The lowest BCUT2D eigenvalue weighted by atomic mass is 9.89. The molecule has 2 heterocycles. The molecule has 2 aliphatic heterocycles. The number of carbonyl (C=O) groups is 1. The van der Waals surface area contributed by atoms with E-state index in [0.717, 1.165) is 26.1 Å². The Morgan fingerprint density at radius 1 is 1.00 bits per heavy atom. The molecule has 2 aliphatic rings. The zero-order valence-electron chi connectivity index (χ0n) is 9.89. The summed E-state index contributed by atoms with van der Waals surface area (Å²) >= 11 is 0. The molecular formula is C11H24N2O. The number of fused-ring (bicyclic) bond motifs is 1. The largest absolute Gasteiger partial charge is 0.356 e. The second kappa shape index (κ2) is 7.80. The number of amides is 1. The van der Waals surface area contributed by atoms with Gasteiger partial charge in [0.05, 0.1) is 0 Å². The Balaban J connectivity index is 0.000000379. The van der Waals surface area contributed by atoms with Crippen LogP contribution in [-0.2, 0) is 4.79 Å². The molecule has 84 valence electrons. The second-order valence-electron chi connectivity index (χ2n) is 3.19. The smallest absolute Gasteiger partial charge is 0.220 e. The summed E-state index contributed by atoms with van der Waals surface area (Å²) in [5.41, 5.74) is 0. The molecule has 3 nitrogen and oxygen atoms in total. The number of piperidine rings is 1. The van der Waals surface area contributed by atoms with E-state index in [-0.39, 0.29) is 5.91 Å². The molecule has 3 heteroatoms. The summed E-state index contributed by atoms with van der Waals surface area (Å²) in [6, 6.07) is 0. The van der Waals surface area contributed by atoms with Gasteiger partial charge in [0.2, 0.25) is 5.91 Å². The molecule has 0 aromatic heterocycles. The fourth-order valence-electron chi connectivity index (χ4n) is 1.82. The van der Waals surface area contributed by atoms with E-state index in [1.54, 1.807) is 0 Å². The van der Waals surface area contributed by atoms with E-state index in [1.807, 2.05) is 27.7 Å². The van der Waals surface area contributed by atoms with Crippen molar-refractivity contribution in [3.8, 4) is 0 Å². The topological polar surface area (TPSA) is 41.1 Å². The molecule has 0 spiro atoms. The molecule has 0 saturated carbocycles. The van der Waals surface area contributed by atoms with Crippen LogP contribution in [0.25, 0.3) is 0 Å². The Labute approximate surface area is 87.6 Å². The first kappa shape index (κ1) is 13.4. The third-order valence-corrected chi connectivity index (χ3v) is 2.49. The lowest BCUT2D eigenvalue weighted by Crippen LogP contribution is -2.39. The van der Waals surface area contributed by atoms with Gasteiger partial charge < -0.3 is 10.6 Å². The second-order valence-corrected chi connectivity index (χ2v) is 3.19. The van der Waals surface area contributed by atoms with Gasteiger partial charge in [-0.05, 0) is 24.9 Å². The van der Waals surface area contributed by atoms with Gasteiger partial charge in [0.1, 0.15) is 0 Å². The minimum absolute atomic E-state index is 0.227. The van der Waals surface area contributed by atoms with Gasteiger partial charge in [0.25, 0.3) is 0 Å². The molecule has 0 radical (unpaired) electrons. The maximum atomic E-state index is 10.9. The van der Waals surface area contributed by atoms with Gasteiger partial charge in [-0.1, -0.05) is 27.7 Å². The lowest BCUT2D eigenvalue weighted by Gasteiger charge is -2.23. The van der Waals surface area contributed by atoms with Crippen LogP contribution in [0.2, 0.25) is 0 Å². The van der Waals surface area contributed by atoms with Crippen LogP contribution in [0.3, 0.4) is 0 Å². The van der Waals surface area contributed by atoms with E-state index < -0.39 is 0 Å². The Kier molecular flexibility index (Phi) is 7.48. The molecule has 2 rings (SSSR count). The van der Waals surface area contributed by atoms with Crippen molar-refractivity contribution in [2.45, 2.75) is 34.1 Å². The molecule has 2 fully saturated rings. The predicted molar refractivity (Wildman–Crippen MR) is 60.2 cm³/mol. The van der Waals surface area contributed by atoms with E-state index in [9.17, 15) is 4.79 Å². The van der Waals surface area contributed by atoms with Gasteiger partial charge in [0, 0.05) is 13.0 Å². The first-order valence-electron chi connectivity index (χ1n) is 5.83. The molecule has 0 aliphatic carbocycles. The van der Waals surface area contributed by atoms with Crippen LogP contribution in [-0.4, -0.2) is 25.5 Å². The van der Waals surface area contributed by atoms with E-state index in [1.165, 1.54) is 0 Å². The van der Waals surface area contributed by atoms with Gasteiger partial charge >= 0.3 is 0 Å². The average molecular weight is 200 g/mol. The highest BCUT2D eigenvalue weighted by molar-refractivity contribution is 5.77. The van der Waals surface area contributed by atoms with Crippen LogP contribution >= 0.6 is 0 Å². The SMILES string of the molecule is CC.CC.O=C1CC2CNCC2CN1. The van der Waals surface area contributed by atoms with Gasteiger partial charge in [-0.25, -0.2) is 0 Å². The van der Waals surface area contributed by atoms with Crippen molar-refractivity contribution >= 4 is 5.91 Å². The number of hydrogen-bond acceptors (Lipinski definition) is 2. The van der Waals surface area contributed by atoms with Crippen LogP contribution < -0.4 is 10.6 Å². The molecule has 2 N–H and O–H groups in total. The molecule has 2 atom stereocenters. The van der Waals surface area contributed by atoms with Crippen LogP contribution in [0.4, 0.5) is 0 Å². The summed E-state index contributed by atoms with van der Waals surface area (Å²) in [5.74, 6) is 1.55. The Bertz CT molecular complexity index is 159. The predicted octanol–water partition coefficient (Wildman–Crippen LogP) is 1.39. The van der Waals surface area contributed by atoms with Crippen molar-refractivity contribution in [2.75, 3.05) is 19.6 Å².